The fraction of sp³-hybridized carbons (Fsp3) is 0.417. The van der Waals surface area contributed by atoms with Crippen LogP contribution in [0, 0.1) is 5.92 Å². The lowest BCUT2D eigenvalue weighted by Crippen LogP contribution is -2.45. The van der Waals surface area contributed by atoms with E-state index in [1.807, 2.05) is 32.0 Å². The second kappa shape index (κ2) is 6.12. The monoisotopic (exact) mass is 222 g/mol. The van der Waals surface area contributed by atoms with Gasteiger partial charge in [0.15, 0.2) is 5.75 Å². The summed E-state index contributed by atoms with van der Waals surface area (Å²) in [5.74, 6) is 0.435. The molecule has 0 radical (unpaired) electrons. The van der Waals surface area contributed by atoms with Crippen LogP contribution in [-0.4, -0.2) is 11.9 Å². The maximum absolute atomic E-state index is 11.6. The Hall–Kier alpha value is -1.55. The average Bonchev–Trinajstić information content (AvgIpc) is 2.35. The van der Waals surface area contributed by atoms with E-state index in [1.165, 1.54) is 0 Å². The molecule has 0 fully saturated rings. The number of carbonyl (C=O) groups excluding carboxylic acids is 1. The summed E-state index contributed by atoms with van der Waals surface area (Å²) < 4.78 is 0. The fourth-order valence-corrected chi connectivity index (χ4v) is 1.18. The minimum Gasteiger partial charge on any atom is -0.379 e. The minimum absolute atomic E-state index is 0.138. The second-order valence-electron chi connectivity index (χ2n) is 3.79. The molecule has 1 aromatic carbocycles. The van der Waals surface area contributed by atoms with Crippen molar-refractivity contribution >= 4 is 5.91 Å². The molecule has 2 atom stereocenters. The summed E-state index contributed by atoms with van der Waals surface area (Å²) >= 11 is 0. The largest absolute Gasteiger partial charge is 0.379 e. The van der Waals surface area contributed by atoms with E-state index in [0.29, 0.717) is 5.75 Å². The molecule has 1 rings (SSSR count). The van der Waals surface area contributed by atoms with Crippen LogP contribution >= 0.6 is 0 Å². The van der Waals surface area contributed by atoms with Crippen molar-refractivity contribution in [3.05, 3.63) is 30.3 Å². The number of hydrogen-bond acceptors (Lipinski definition) is 3. The molecule has 88 valence electrons. The molecule has 0 saturated heterocycles. The van der Waals surface area contributed by atoms with E-state index < -0.39 is 6.04 Å². The Morgan fingerprint density at radius 3 is 2.62 bits per heavy atom. The SMILES string of the molecule is CCC(C)[C@H](N)C(=O)NOc1ccccc1. The molecule has 0 aliphatic rings. The van der Waals surface area contributed by atoms with Crippen LogP contribution in [0.1, 0.15) is 20.3 Å². The van der Waals surface area contributed by atoms with Gasteiger partial charge in [-0.1, -0.05) is 38.5 Å². The zero-order valence-electron chi connectivity index (χ0n) is 9.64. The van der Waals surface area contributed by atoms with E-state index in [4.69, 9.17) is 10.6 Å². The Morgan fingerprint density at radius 2 is 2.06 bits per heavy atom. The van der Waals surface area contributed by atoms with E-state index in [1.54, 1.807) is 12.1 Å². The summed E-state index contributed by atoms with van der Waals surface area (Å²) in [6.07, 6.45) is 0.861. The van der Waals surface area contributed by atoms with E-state index in [-0.39, 0.29) is 11.8 Å². The maximum Gasteiger partial charge on any atom is 0.269 e. The summed E-state index contributed by atoms with van der Waals surface area (Å²) in [7, 11) is 0. The summed E-state index contributed by atoms with van der Waals surface area (Å²) in [5, 5.41) is 0. The molecule has 16 heavy (non-hydrogen) atoms. The molecule has 1 unspecified atom stereocenters. The third-order valence-corrected chi connectivity index (χ3v) is 2.57. The van der Waals surface area contributed by atoms with Crippen molar-refractivity contribution in [2.45, 2.75) is 26.3 Å². The third kappa shape index (κ3) is 3.55. The van der Waals surface area contributed by atoms with Crippen LogP contribution in [0.3, 0.4) is 0 Å². The van der Waals surface area contributed by atoms with Gasteiger partial charge in [0.05, 0.1) is 6.04 Å². The van der Waals surface area contributed by atoms with Crippen LogP contribution < -0.4 is 16.1 Å². The zero-order chi connectivity index (χ0) is 12.0. The van der Waals surface area contributed by atoms with Crippen molar-refractivity contribution in [1.29, 1.82) is 0 Å². The summed E-state index contributed by atoms with van der Waals surface area (Å²) in [6.45, 7) is 3.93. The number of para-hydroxylation sites is 1. The van der Waals surface area contributed by atoms with Crippen molar-refractivity contribution in [3.8, 4) is 5.75 Å². The number of benzene rings is 1. The zero-order valence-corrected chi connectivity index (χ0v) is 9.64. The molecule has 4 heteroatoms. The number of rotatable bonds is 5. The quantitative estimate of drug-likeness (QED) is 0.741. The van der Waals surface area contributed by atoms with Gasteiger partial charge in [0, 0.05) is 0 Å². The van der Waals surface area contributed by atoms with Crippen LogP contribution in [0.2, 0.25) is 0 Å². The predicted octanol–water partition coefficient (Wildman–Crippen LogP) is 1.47. The number of amides is 1. The van der Waals surface area contributed by atoms with Gasteiger partial charge >= 0.3 is 0 Å². The van der Waals surface area contributed by atoms with Gasteiger partial charge in [0.1, 0.15) is 0 Å². The van der Waals surface area contributed by atoms with E-state index in [0.717, 1.165) is 6.42 Å². The molecule has 0 saturated carbocycles. The van der Waals surface area contributed by atoms with Gasteiger partial charge in [-0.05, 0) is 18.1 Å². The lowest BCUT2D eigenvalue weighted by molar-refractivity contribution is -0.130. The molecule has 0 aliphatic heterocycles. The highest BCUT2D eigenvalue weighted by Crippen LogP contribution is 2.08. The van der Waals surface area contributed by atoms with Gasteiger partial charge < -0.3 is 10.6 Å². The molecule has 0 aliphatic carbocycles. The molecular weight excluding hydrogens is 204 g/mol. The van der Waals surface area contributed by atoms with Gasteiger partial charge in [0.25, 0.3) is 5.91 Å². The number of nitrogens with one attached hydrogen (secondary N) is 1. The number of hydroxylamine groups is 1. The molecule has 1 amide bonds. The second-order valence-corrected chi connectivity index (χ2v) is 3.79. The van der Waals surface area contributed by atoms with Crippen molar-refractivity contribution in [1.82, 2.24) is 5.48 Å². The highest BCUT2D eigenvalue weighted by Gasteiger charge is 2.19. The first-order chi connectivity index (χ1) is 7.65. The van der Waals surface area contributed by atoms with Crippen LogP contribution in [0.5, 0.6) is 5.75 Å². The van der Waals surface area contributed by atoms with Gasteiger partial charge in [-0.15, -0.1) is 0 Å². The Balaban J connectivity index is 2.41. The van der Waals surface area contributed by atoms with Crippen molar-refractivity contribution in [2.24, 2.45) is 11.7 Å². The normalized spacial score (nSPS) is 13.9. The fourth-order valence-electron chi connectivity index (χ4n) is 1.18. The molecule has 0 heterocycles. The summed E-state index contributed by atoms with van der Waals surface area (Å²) in [4.78, 5) is 16.7. The lowest BCUT2D eigenvalue weighted by atomic mass is 10.00. The minimum atomic E-state index is -0.534. The highest BCUT2D eigenvalue weighted by atomic mass is 16.7. The molecule has 0 spiro atoms. The molecule has 4 nitrogen and oxygen atoms in total. The molecule has 1 aromatic rings. The number of hydrogen-bond donors (Lipinski definition) is 2. The highest BCUT2D eigenvalue weighted by molar-refractivity contribution is 5.80. The van der Waals surface area contributed by atoms with Crippen LogP contribution in [0.25, 0.3) is 0 Å². The van der Waals surface area contributed by atoms with Crippen LogP contribution in [0.4, 0.5) is 0 Å². The molecule has 0 bridgehead atoms. The number of carbonyl (C=O) groups is 1. The van der Waals surface area contributed by atoms with E-state index in [9.17, 15) is 4.79 Å². The maximum atomic E-state index is 11.6. The average molecular weight is 222 g/mol. The Labute approximate surface area is 95.7 Å². The van der Waals surface area contributed by atoms with Crippen molar-refractivity contribution in [3.63, 3.8) is 0 Å². The first-order valence-electron chi connectivity index (χ1n) is 5.42. The number of nitrogens with two attached hydrogens (primary N) is 1. The Morgan fingerprint density at radius 1 is 1.44 bits per heavy atom. The molecular formula is C12H18N2O2. The summed E-state index contributed by atoms with van der Waals surface area (Å²) in [5.41, 5.74) is 8.09. The van der Waals surface area contributed by atoms with E-state index >= 15 is 0 Å². The standard InChI is InChI=1S/C12H18N2O2/c1-3-9(2)11(13)12(15)14-16-10-7-5-4-6-8-10/h4-9,11H,3,13H2,1-2H3,(H,14,15)/t9?,11-/m0/s1. The van der Waals surface area contributed by atoms with Crippen LogP contribution in [-0.2, 0) is 4.79 Å². The molecule has 3 N–H and O–H groups in total. The first-order valence-corrected chi connectivity index (χ1v) is 5.42. The topological polar surface area (TPSA) is 64.4 Å². The van der Waals surface area contributed by atoms with Gasteiger partial charge in [-0.25, -0.2) is 0 Å². The van der Waals surface area contributed by atoms with Gasteiger partial charge in [-0.3, -0.25) is 4.79 Å². The predicted molar refractivity (Wildman–Crippen MR) is 62.6 cm³/mol. The first kappa shape index (κ1) is 12.5. The van der Waals surface area contributed by atoms with Crippen molar-refractivity contribution in [2.75, 3.05) is 0 Å². The summed E-state index contributed by atoms with van der Waals surface area (Å²) in [6, 6.07) is 8.52. The van der Waals surface area contributed by atoms with Gasteiger partial charge in [0.2, 0.25) is 0 Å². The van der Waals surface area contributed by atoms with E-state index in [2.05, 4.69) is 5.48 Å². The molecule has 0 aromatic heterocycles. The Kier molecular flexibility index (Phi) is 4.79. The van der Waals surface area contributed by atoms with Crippen molar-refractivity contribution < 1.29 is 9.63 Å². The van der Waals surface area contributed by atoms with Crippen LogP contribution in [0.15, 0.2) is 30.3 Å². The Bertz CT molecular complexity index is 327. The smallest absolute Gasteiger partial charge is 0.269 e. The third-order valence-electron chi connectivity index (χ3n) is 2.57. The lowest BCUT2D eigenvalue weighted by Gasteiger charge is -2.17. The van der Waals surface area contributed by atoms with Gasteiger partial charge in [-0.2, -0.15) is 5.48 Å².